The molecule has 0 unspecified atom stereocenters. The van der Waals surface area contributed by atoms with Gasteiger partial charge < -0.3 is 9.67 Å². The Balaban J connectivity index is 2.64. The van der Waals surface area contributed by atoms with E-state index in [1.165, 1.54) is 10.9 Å². The first kappa shape index (κ1) is 13.2. The number of aryl methyl sites for hydroxylation is 2. The van der Waals surface area contributed by atoms with E-state index < -0.39 is 22.8 Å². The lowest BCUT2D eigenvalue weighted by Gasteiger charge is -2.10. The van der Waals surface area contributed by atoms with Crippen molar-refractivity contribution < 1.29 is 14.3 Å². The van der Waals surface area contributed by atoms with Gasteiger partial charge in [-0.15, -0.1) is 5.10 Å². The molecule has 2 heterocycles. The number of aromatic carboxylic acids is 1. The maximum atomic E-state index is 14.2. The summed E-state index contributed by atoms with van der Waals surface area (Å²) in [4.78, 5) is 23.4. The van der Waals surface area contributed by atoms with Gasteiger partial charge in [-0.3, -0.25) is 4.79 Å². The normalized spacial score (nSPS) is 11.4. The van der Waals surface area contributed by atoms with Crippen molar-refractivity contribution in [2.45, 2.75) is 13.5 Å². The lowest BCUT2D eigenvalue weighted by molar-refractivity contribution is 0.0695. The van der Waals surface area contributed by atoms with E-state index >= 15 is 0 Å². The van der Waals surface area contributed by atoms with Crippen molar-refractivity contribution >= 4 is 27.9 Å². The van der Waals surface area contributed by atoms with Gasteiger partial charge >= 0.3 is 5.97 Å². The van der Waals surface area contributed by atoms with Crippen LogP contribution < -0.4 is 5.43 Å². The number of carbonyl (C=O) groups is 1. The molecule has 7 nitrogen and oxygen atoms in total. The Morgan fingerprint density at radius 3 is 2.76 bits per heavy atom. The largest absolute Gasteiger partial charge is 0.477 e. The zero-order chi connectivity index (χ0) is 15.3. The monoisotopic (exact) mass is 290 g/mol. The van der Waals surface area contributed by atoms with E-state index in [2.05, 4.69) is 10.3 Å². The molecule has 8 heteroatoms. The second-order valence-electron chi connectivity index (χ2n) is 4.63. The molecule has 0 aliphatic heterocycles. The Kier molecular flexibility index (Phi) is 2.75. The molecule has 0 radical (unpaired) electrons. The van der Waals surface area contributed by atoms with Crippen LogP contribution >= 0.6 is 0 Å². The Morgan fingerprint density at radius 1 is 1.43 bits per heavy atom. The van der Waals surface area contributed by atoms with Crippen molar-refractivity contribution in [1.82, 2.24) is 19.6 Å². The molecule has 108 valence electrons. The summed E-state index contributed by atoms with van der Waals surface area (Å²) in [5.74, 6) is -2.00. The van der Waals surface area contributed by atoms with Crippen molar-refractivity contribution in [2.24, 2.45) is 7.05 Å². The third kappa shape index (κ3) is 1.72. The molecule has 0 saturated carbocycles. The molecule has 21 heavy (non-hydrogen) atoms. The minimum absolute atomic E-state index is 0.0118. The molecule has 0 fully saturated rings. The van der Waals surface area contributed by atoms with E-state index in [9.17, 15) is 14.0 Å². The highest BCUT2D eigenvalue weighted by Gasteiger charge is 2.20. The summed E-state index contributed by atoms with van der Waals surface area (Å²) >= 11 is 0. The Morgan fingerprint density at radius 2 is 2.14 bits per heavy atom. The van der Waals surface area contributed by atoms with E-state index in [4.69, 9.17) is 5.11 Å². The summed E-state index contributed by atoms with van der Waals surface area (Å²) in [5.41, 5.74) is -0.326. The topological polar surface area (TPSA) is 90.0 Å². The standard InChI is InChI=1S/C13H11FN4O3/c1-3-18-5-7(13(20)21)12(19)6-4-8(14)11-9(10(6)18)15-16-17(11)2/h4-5H,3H2,1-2H3,(H,20,21). The van der Waals surface area contributed by atoms with Crippen molar-refractivity contribution in [3.05, 3.63) is 33.9 Å². The number of carboxylic acid groups (broad SMARTS) is 1. The average molecular weight is 290 g/mol. The van der Waals surface area contributed by atoms with Crippen LogP contribution in [0.1, 0.15) is 17.3 Å². The van der Waals surface area contributed by atoms with E-state index in [0.29, 0.717) is 12.1 Å². The quantitative estimate of drug-likeness (QED) is 0.764. The van der Waals surface area contributed by atoms with Crippen molar-refractivity contribution in [3.63, 3.8) is 0 Å². The van der Waals surface area contributed by atoms with Crippen LogP contribution in [0.2, 0.25) is 0 Å². The predicted molar refractivity (Wildman–Crippen MR) is 72.9 cm³/mol. The molecule has 2 aromatic heterocycles. The third-order valence-corrected chi connectivity index (χ3v) is 3.44. The van der Waals surface area contributed by atoms with E-state index in [1.54, 1.807) is 18.5 Å². The predicted octanol–water partition coefficient (Wildman–Crippen LogP) is 1.14. The molecule has 0 bridgehead atoms. The van der Waals surface area contributed by atoms with Gasteiger partial charge in [0.1, 0.15) is 16.6 Å². The molecule has 3 rings (SSSR count). The van der Waals surface area contributed by atoms with Crippen molar-refractivity contribution in [3.8, 4) is 0 Å². The summed E-state index contributed by atoms with van der Waals surface area (Å²) in [6.07, 6.45) is 1.25. The van der Waals surface area contributed by atoms with Crippen LogP contribution in [-0.4, -0.2) is 30.6 Å². The zero-order valence-corrected chi connectivity index (χ0v) is 11.3. The second kappa shape index (κ2) is 4.37. The smallest absolute Gasteiger partial charge is 0.341 e. The minimum atomic E-state index is -1.34. The van der Waals surface area contributed by atoms with Crippen LogP contribution in [-0.2, 0) is 13.6 Å². The van der Waals surface area contributed by atoms with E-state index in [-0.39, 0.29) is 16.4 Å². The summed E-state index contributed by atoms with van der Waals surface area (Å²) in [7, 11) is 1.55. The summed E-state index contributed by atoms with van der Waals surface area (Å²) in [6, 6.07) is 1.04. The molecule has 0 aliphatic rings. The van der Waals surface area contributed by atoms with E-state index in [1.807, 2.05) is 0 Å². The van der Waals surface area contributed by atoms with Gasteiger partial charge in [-0.1, -0.05) is 5.21 Å². The summed E-state index contributed by atoms with van der Waals surface area (Å²) in [6.45, 7) is 2.20. The van der Waals surface area contributed by atoms with Crippen LogP contribution in [0, 0.1) is 5.82 Å². The number of hydrogen-bond acceptors (Lipinski definition) is 4. The fourth-order valence-corrected chi connectivity index (χ4v) is 2.47. The van der Waals surface area contributed by atoms with Crippen LogP contribution in [0.4, 0.5) is 4.39 Å². The number of rotatable bonds is 2. The van der Waals surface area contributed by atoms with Crippen molar-refractivity contribution in [1.29, 1.82) is 0 Å². The van der Waals surface area contributed by atoms with Gasteiger partial charge in [0, 0.05) is 19.8 Å². The number of fused-ring (bicyclic) bond motifs is 3. The molecule has 1 aromatic carbocycles. The van der Waals surface area contributed by atoms with Crippen LogP contribution in [0.15, 0.2) is 17.1 Å². The highest BCUT2D eigenvalue weighted by molar-refractivity contribution is 6.04. The molecule has 0 spiro atoms. The van der Waals surface area contributed by atoms with Gasteiger partial charge in [-0.05, 0) is 13.0 Å². The lowest BCUT2D eigenvalue weighted by atomic mass is 10.1. The SMILES string of the molecule is CCn1cc(C(=O)O)c(=O)c2cc(F)c3c(nnn3C)c21. The van der Waals surface area contributed by atoms with Gasteiger partial charge in [0.25, 0.3) is 0 Å². The molecular weight excluding hydrogens is 279 g/mol. The number of hydrogen-bond donors (Lipinski definition) is 1. The number of halogens is 1. The first-order valence-electron chi connectivity index (χ1n) is 6.24. The number of nitrogens with zero attached hydrogens (tertiary/aromatic N) is 4. The second-order valence-corrected chi connectivity index (χ2v) is 4.63. The number of benzene rings is 1. The maximum absolute atomic E-state index is 14.2. The fourth-order valence-electron chi connectivity index (χ4n) is 2.47. The van der Waals surface area contributed by atoms with E-state index in [0.717, 1.165) is 6.07 Å². The van der Waals surface area contributed by atoms with Crippen LogP contribution in [0.25, 0.3) is 21.9 Å². The molecule has 0 saturated heterocycles. The number of aromatic nitrogens is 4. The maximum Gasteiger partial charge on any atom is 0.341 e. The first-order valence-corrected chi connectivity index (χ1v) is 6.24. The van der Waals surface area contributed by atoms with Gasteiger partial charge in [0.05, 0.1) is 10.9 Å². The van der Waals surface area contributed by atoms with Gasteiger partial charge in [0.2, 0.25) is 5.43 Å². The first-order chi connectivity index (χ1) is 9.95. The Labute approximate surface area is 117 Å². The summed E-state index contributed by atoms with van der Waals surface area (Å²) < 4.78 is 17.0. The fraction of sp³-hybridized carbons (Fsp3) is 0.231. The molecule has 0 atom stereocenters. The minimum Gasteiger partial charge on any atom is -0.477 e. The molecule has 0 amide bonds. The molecule has 3 aromatic rings. The Bertz CT molecular complexity index is 958. The average Bonchev–Trinajstić information content (AvgIpc) is 2.82. The number of pyridine rings is 1. The molecular formula is C13H11FN4O3. The zero-order valence-electron chi connectivity index (χ0n) is 11.3. The van der Waals surface area contributed by atoms with Crippen LogP contribution in [0.5, 0.6) is 0 Å². The van der Waals surface area contributed by atoms with Crippen molar-refractivity contribution in [2.75, 3.05) is 0 Å². The highest BCUT2D eigenvalue weighted by Crippen LogP contribution is 2.24. The molecule has 1 N–H and O–H groups in total. The third-order valence-electron chi connectivity index (χ3n) is 3.44. The lowest BCUT2D eigenvalue weighted by Crippen LogP contribution is -2.19. The van der Waals surface area contributed by atoms with Gasteiger partial charge in [-0.25, -0.2) is 13.9 Å². The molecule has 0 aliphatic carbocycles. The van der Waals surface area contributed by atoms with Gasteiger partial charge in [0.15, 0.2) is 5.82 Å². The van der Waals surface area contributed by atoms with Gasteiger partial charge in [-0.2, -0.15) is 0 Å². The number of carboxylic acids is 1. The Hall–Kier alpha value is -2.77. The van der Waals surface area contributed by atoms with Crippen LogP contribution in [0.3, 0.4) is 0 Å². The summed E-state index contributed by atoms with van der Waals surface area (Å²) in [5, 5.41) is 16.7. The highest BCUT2D eigenvalue weighted by atomic mass is 19.1.